The van der Waals surface area contributed by atoms with Crippen LogP contribution in [0.3, 0.4) is 0 Å². The molecule has 0 aromatic heterocycles. The highest BCUT2D eigenvalue weighted by Crippen LogP contribution is 2.31. The minimum atomic E-state index is -0.556. The van der Waals surface area contributed by atoms with E-state index >= 15 is 0 Å². The Balaban J connectivity index is 0.00000441. The maximum Gasteiger partial charge on any atom is 0.191 e. The van der Waals surface area contributed by atoms with Crippen LogP contribution < -0.4 is 10.6 Å². The van der Waals surface area contributed by atoms with E-state index in [1.165, 1.54) is 0 Å². The summed E-state index contributed by atoms with van der Waals surface area (Å²) in [4.78, 5) is 6.76. The van der Waals surface area contributed by atoms with Gasteiger partial charge in [-0.3, -0.25) is 4.99 Å². The summed E-state index contributed by atoms with van der Waals surface area (Å²) in [6, 6.07) is 0. The second kappa shape index (κ2) is 12.3. The average Bonchev–Trinajstić information content (AvgIpc) is 2.43. The first kappa shape index (κ1) is 21.9. The number of aliphatic hydroxyl groups is 1. The van der Waals surface area contributed by atoms with E-state index in [0.29, 0.717) is 6.54 Å². The third-order valence-corrected chi connectivity index (χ3v) is 3.83. The highest BCUT2D eigenvalue weighted by atomic mass is 127. The average molecular weight is 428 g/mol. The number of hydrogen-bond donors (Lipinski definition) is 3. The molecule has 0 amide bonds. The maximum absolute atomic E-state index is 10.1. The number of ether oxygens (including phenoxy) is 1. The highest BCUT2D eigenvalue weighted by molar-refractivity contribution is 14.0. The van der Waals surface area contributed by atoms with Gasteiger partial charge in [0.2, 0.25) is 0 Å². The largest absolute Gasteiger partial charge is 0.388 e. The zero-order valence-electron chi connectivity index (χ0n) is 14.2. The fraction of sp³-hybridized carbons (Fsp3) is 0.933. The number of aliphatic imine (C=N–C) groups is 1. The molecule has 3 N–H and O–H groups in total. The standard InChI is InChI=1S/C15H32N4O2.HI/c1-4-16-14(18-13-15(20)7-5-8-15)17-9-11-19(2)10-6-12-21-3;/h20H,4-13H2,1-3H3,(H2,16,17,18);1H. The summed E-state index contributed by atoms with van der Waals surface area (Å²) in [5.41, 5.74) is -0.556. The van der Waals surface area contributed by atoms with Crippen LogP contribution in [0, 0.1) is 0 Å². The Labute approximate surface area is 152 Å². The molecule has 0 aromatic carbocycles. The minimum absolute atomic E-state index is 0. The quantitative estimate of drug-likeness (QED) is 0.210. The Bertz CT molecular complexity index is 312. The molecule has 6 nitrogen and oxygen atoms in total. The van der Waals surface area contributed by atoms with Crippen molar-refractivity contribution in [1.82, 2.24) is 15.5 Å². The maximum atomic E-state index is 10.1. The molecule has 7 heteroatoms. The van der Waals surface area contributed by atoms with Gasteiger partial charge in [0.05, 0.1) is 12.1 Å². The van der Waals surface area contributed by atoms with Crippen LogP contribution in [-0.2, 0) is 4.74 Å². The van der Waals surface area contributed by atoms with Crippen molar-refractivity contribution in [3.63, 3.8) is 0 Å². The van der Waals surface area contributed by atoms with Gasteiger partial charge >= 0.3 is 0 Å². The Morgan fingerprint density at radius 1 is 1.32 bits per heavy atom. The molecule has 132 valence electrons. The van der Waals surface area contributed by atoms with Crippen LogP contribution in [0.4, 0.5) is 0 Å². The summed E-state index contributed by atoms with van der Waals surface area (Å²) >= 11 is 0. The van der Waals surface area contributed by atoms with Crippen molar-refractivity contribution in [2.75, 3.05) is 53.5 Å². The zero-order chi connectivity index (χ0) is 15.6. The number of nitrogens with zero attached hydrogens (tertiary/aromatic N) is 2. The van der Waals surface area contributed by atoms with E-state index in [4.69, 9.17) is 4.74 Å². The molecule has 22 heavy (non-hydrogen) atoms. The molecule has 0 bridgehead atoms. The number of rotatable bonds is 10. The number of guanidine groups is 1. The molecule has 0 atom stereocenters. The molecule has 0 spiro atoms. The fourth-order valence-electron chi connectivity index (χ4n) is 2.27. The van der Waals surface area contributed by atoms with Gasteiger partial charge in [-0.05, 0) is 39.7 Å². The minimum Gasteiger partial charge on any atom is -0.388 e. The molecule has 0 heterocycles. The molecular weight excluding hydrogens is 395 g/mol. The van der Waals surface area contributed by atoms with Gasteiger partial charge < -0.3 is 25.4 Å². The van der Waals surface area contributed by atoms with Crippen LogP contribution in [-0.4, -0.2) is 75.1 Å². The van der Waals surface area contributed by atoms with Gasteiger partial charge in [-0.2, -0.15) is 0 Å². The van der Waals surface area contributed by atoms with Crippen molar-refractivity contribution in [2.45, 2.75) is 38.2 Å². The third-order valence-electron chi connectivity index (χ3n) is 3.83. The zero-order valence-corrected chi connectivity index (χ0v) is 16.6. The van der Waals surface area contributed by atoms with Gasteiger partial charge in [-0.25, -0.2) is 0 Å². The molecule has 0 aliphatic heterocycles. The van der Waals surface area contributed by atoms with Gasteiger partial charge in [0.1, 0.15) is 0 Å². The predicted octanol–water partition coefficient (Wildman–Crippen LogP) is 1.04. The first-order valence-corrected chi connectivity index (χ1v) is 8.01. The summed E-state index contributed by atoms with van der Waals surface area (Å²) in [7, 11) is 3.84. The van der Waals surface area contributed by atoms with Crippen molar-refractivity contribution in [2.24, 2.45) is 4.99 Å². The Morgan fingerprint density at radius 2 is 2.05 bits per heavy atom. The first-order chi connectivity index (χ1) is 10.1. The van der Waals surface area contributed by atoms with E-state index in [2.05, 4.69) is 27.6 Å². The summed E-state index contributed by atoms with van der Waals surface area (Å²) < 4.78 is 5.05. The van der Waals surface area contributed by atoms with Crippen molar-refractivity contribution < 1.29 is 9.84 Å². The van der Waals surface area contributed by atoms with Crippen LogP contribution in [0.2, 0.25) is 0 Å². The van der Waals surface area contributed by atoms with E-state index in [9.17, 15) is 5.11 Å². The highest BCUT2D eigenvalue weighted by Gasteiger charge is 2.34. The monoisotopic (exact) mass is 428 g/mol. The summed E-state index contributed by atoms with van der Waals surface area (Å²) in [6.45, 7) is 7.00. The van der Waals surface area contributed by atoms with Crippen LogP contribution in [0.25, 0.3) is 0 Å². The second-order valence-electron chi connectivity index (χ2n) is 5.85. The van der Waals surface area contributed by atoms with Crippen molar-refractivity contribution in [1.29, 1.82) is 0 Å². The smallest absolute Gasteiger partial charge is 0.191 e. The molecular formula is C15H33IN4O2. The van der Waals surface area contributed by atoms with E-state index in [1.807, 2.05) is 6.92 Å². The molecule has 0 unspecified atom stereocenters. The lowest BCUT2D eigenvalue weighted by atomic mass is 9.80. The number of halogens is 1. The predicted molar refractivity (Wildman–Crippen MR) is 102 cm³/mol. The van der Waals surface area contributed by atoms with Crippen LogP contribution in [0.15, 0.2) is 4.99 Å². The van der Waals surface area contributed by atoms with Gasteiger partial charge in [-0.1, -0.05) is 0 Å². The van der Waals surface area contributed by atoms with Gasteiger partial charge in [0, 0.05) is 39.9 Å². The summed E-state index contributed by atoms with van der Waals surface area (Å²) in [6.07, 6.45) is 3.91. The van der Waals surface area contributed by atoms with E-state index < -0.39 is 5.60 Å². The molecule has 1 aliphatic rings. The van der Waals surface area contributed by atoms with E-state index in [-0.39, 0.29) is 24.0 Å². The number of likely N-dealkylation sites (N-methyl/N-ethyl adjacent to an activating group) is 1. The SMILES string of the molecule is CCNC(=NCC1(O)CCC1)NCCN(C)CCCOC.I. The van der Waals surface area contributed by atoms with E-state index in [0.717, 1.165) is 64.4 Å². The molecule has 1 fully saturated rings. The van der Waals surface area contributed by atoms with Crippen LogP contribution in [0.5, 0.6) is 0 Å². The van der Waals surface area contributed by atoms with Crippen LogP contribution in [0.1, 0.15) is 32.6 Å². The van der Waals surface area contributed by atoms with Gasteiger partial charge in [0.15, 0.2) is 5.96 Å². The Hall–Kier alpha value is -0.120. The molecule has 0 aromatic rings. The van der Waals surface area contributed by atoms with Gasteiger partial charge in [-0.15, -0.1) is 24.0 Å². The topological polar surface area (TPSA) is 69.1 Å². The number of hydrogen-bond acceptors (Lipinski definition) is 4. The summed E-state index contributed by atoms with van der Waals surface area (Å²) in [5, 5.41) is 16.6. The summed E-state index contributed by atoms with van der Waals surface area (Å²) in [5.74, 6) is 0.795. The third kappa shape index (κ3) is 9.12. The lowest BCUT2D eigenvalue weighted by Gasteiger charge is -2.35. The van der Waals surface area contributed by atoms with Crippen LogP contribution >= 0.6 is 24.0 Å². The molecule has 0 saturated heterocycles. The molecule has 1 rings (SSSR count). The number of nitrogens with one attached hydrogen (secondary N) is 2. The lowest BCUT2D eigenvalue weighted by molar-refractivity contribution is -0.0236. The van der Waals surface area contributed by atoms with Crippen molar-refractivity contribution in [3.05, 3.63) is 0 Å². The fourth-order valence-corrected chi connectivity index (χ4v) is 2.27. The Kier molecular flexibility index (Phi) is 12.3. The molecule has 1 aliphatic carbocycles. The first-order valence-electron chi connectivity index (χ1n) is 8.01. The second-order valence-corrected chi connectivity index (χ2v) is 5.85. The lowest BCUT2D eigenvalue weighted by Crippen LogP contribution is -2.44. The molecule has 0 radical (unpaired) electrons. The van der Waals surface area contributed by atoms with Crippen molar-refractivity contribution in [3.8, 4) is 0 Å². The van der Waals surface area contributed by atoms with Crippen molar-refractivity contribution >= 4 is 29.9 Å². The van der Waals surface area contributed by atoms with Gasteiger partial charge in [0.25, 0.3) is 0 Å². The molecule has 1 saturated carbocycles. The Morgan fingerprint density at radius 3 is 2.59 bits per heavy atom. The normalized spacial score (nSPS) is 16.9. The number of methoxy groups -OCH3 is 1. The van der Waals surface area contributed by atoms with E-state index in [1.54, 1.807) is 7.11 Å².